The standard InChI is InChI=1S/C16H18O2.C12H10O2/c1-9-5-13(17)6-10(2)15(9)16-11(3)7-14(18)8-12(16)4;13-11-5-1-9(2-6-11)10-3-7-12(14)8-4-10/h5-8,17-18H,1-4H3;1-8,13-14H. The van der Waals surface area contributed by atoms with Crippen LogP contribution in [0.25, 0.3) is 22.3 Å². The number of benzene rings is 4. The van der Waals surface area contributed by atoms with Gasteiger partial charge in [-0.25, -0.2) is 0 Å². The van der Waals surface area contributed by atoms with Crippen molar-refractivity contribution in [3.63, 3.8) is 0 Å². The molecule has 0 fully saturated rings. The summed E-state index contributed by atoms with van der Waals surface area (Å²) in [6, 6.07) is 21.0. The lowest BCUT2D eigenvalue weighted by atomic mass is 9.89. The fraction of sp³-hybridized carbons (Fsp3) is 0.143. The van der Waals surface area contributed by atoms with E-state index in [9.17, 15) is 10.2 Å². The number of aryl methyl sites for hydroxylation is 4. The van der Waals surface area contributed by atoms with Crippen molar-refractivity contribution >= 4 is 0 Å². The molecule has 4 N–H and O–H groups in total. The minimum atomic E-state index is 0.257. The van der Waals surface area contributed by atoms with Crippen LogP contribution in [-0.4, -0.2) is 20.4 Å². The number of aromatic hydroxyl groups is 4. The van der Waals surface area contributed by atoms with Gasteiger partial charge < -0.3 is 20.4 Å². The van der Waals surface area contributed by atoms with Gasteiger partial charge in [0.05, 0.1) is 0 Å². The van der Waals surface area contributed by atoms with E-state index < -0.39 is 0 Å². The van der Waals surface area contributed by atoms with Crippen molar-refractivity contribution in [2.75, 3.05) is 0 Å². The molecular weight excluding hydrogens is 400 g/mol. The van der Waals surface area contributed by atoms with Gasteiger partial charge in [-0.1, -0.05) is 24.3 Å². The van der Waals surface area contributed by atoms with Crippen LogP contribution in [-0.2, 0) is 0 Å². The molecule has 0 aromatic heterocycles. The molecule has 4 aromatic rings. The van der Waals surface area contributed by atoms with E-state index in [0.29, 0.717) is 11.5 Å². The smallest absolute Gasteiger partial charge is 0.116 e. The first-order valence-corrected chi connectivity index (χ1v) is 10.3. The van der Waals surface area contributed by atoms with Crippen molar-refractivity contribution in [1.29, 1.82) is 0 Å². The molecule has 0 atom stereocenters. The molecule has 0 aliphatic heterocycles. The highest BCUT2D eigenvalue weighted by Crippen LogP contribution is 2.36. The van der Waals surface area contributed by atoms with Gasteiger partial charge in [-0.2, -0.15) is 0 Å². The molecule has 0 spiro atoms. The molecule has 0 unspecified atom stereocenters. The van der Waals surface area contributed by atoms with Crippen LogP contribution in [0, 0.1) is 27.7 Å². The first-order chi connectivity index (χ1) is 15.2. The van der Waals surface area contributed by atoms with Crippen molar-refractivity contribution in [2.24, 2.45) is 0 Å². The SMILES string of the molecule is Cc1cc(O)cc(C)c1-c1c(C)cc(O)cc1C.Oc1ccc(-c2ccc(O)cc2)cc1. The molecule has 0 saturated carbocycles. The second-order valence-electron chi connectivity index (χ2n) is 8.00. The molecule has 0 heterocycles. The third-order valence-corrected chi connectivity index (χ3v) is 5.35. The fourth-order valence-corrected chi connectivity index (χ4v) is 3.98. The highest BCUT2D eigenvalue weighted by Gasteiger charge is 2.13. The molecule has 0 saturated heterocycles. The van der Waals surface area contributed by atoms with E-state index in [1.54, 1.807) is 48.5 Å². The van der Waals surface area contributed by atoms with Gasteiger partial charge in [0.25, 0.3) is 0 Å². The summed E-state index contributed by atoms with van der Waals surface area (Å²) in [6.45, 7) is 7.98. The topological polar surface area (TPSA) is 80.9 Å². The van der Waals surface area contributed by atoms with Crippen LogP contribution >= 0.6 is 0 Å². The summed E-state index contributed by atoms with van der Waals surface area (Å²) >= 11 is 0. The molecule has 4 aromatic carbocycles. The van der Waals surface area contributed by atoms with Crippen LogP contribution < -0.4 is 0 Å². The molecule has 0 bridgehead atoms. The van der Waals surface area contributed by atoms with E-state index in [-0.39, 0.29) is 11.5 Å². The minimum absolute atomic E-state index is 0.257. The van der Waals surface area contributed by atoms with Crippen molar-refractivity contribution < 1.29 is 20.4 Å². The lowest BCUT2D eigenvalue weighted by molar-refractivity contribution is 0.473. The zero-order chi connectivity index (χ0) is 23.4. The lowest BCUT2D eigenvalue weighted by Crippen LogP contribution is -1.94. The van der Waals surface area contributed by atoms with Crippen molar-refractivity contribution in [3.8, 4) is 45.3 Å². The highest BCUT2D eigenvalue weighted by atomic mass is 16.3. The van der Waals surface area contributed by atoms with E-state index in [0.717, 1.165) is 44.5 Å². The maximum Gasteiger partial charge on any atom is 0.116 e. The molecule has 0 radical (unpaired) electrons. The Bertz CT molecular complexity index is 1080. The Morgan fingerprint density at radius 3 is 0.875 bits per heavy atom. The summed E-state index contributed by atoms with van der Waals surface area (Å²) < 4.78 is 0. The molecule has 164 valence electrons. The van der Waals surface area contributed by atoms with Gasteiger partial charge >= 0.3 is 0 Å². The van der Waals surface area contributed by atoms with Gasteiger partial charge in [0, 0.05) is 0 Å². The Labute approximate surface area is 188 Å². The molecule has 32 heavy (non-hydrogen) atoms. The monoisotopic (exact) mass is 428 g/mol. The first-order valence-electron chi connectivity index (χ1n) is 10.3. The second-order valence-corrected chi connectivity index (χ2v) is 8.00. The summed E-state index contributed by atoms with van der Waals surface area (Å²) in [4.78, 5) is 0. The summed E-state index contributed by atoms with van der Waals surface area (Å²) in [5, 5.41) is 37.4. The van der Waals surface area contributed by atoms with Crippen LogP contribution in [0.4, 0.5) is 0 Å². The quantitative estimate of drug-likeness (QED) is 0.284. The fourth-order valence-electron chi connectivity index (χ4n) is 3.98. The Balaban J connectivity index is 0.000000186. The van der Waals surface area contributed by atoms with Crippen molar-refractivity contribution in [2.45, 2.75) is 27.7 Å². The van der Waals surface area contributed by atoms with Crippen LogP contribution in [0.5, 0.6) is 23.0 Å². The average molecular weight is 429 g/mol. The van der Waals surface area contributed by atoms with E-state index in [1.807, 2.05) is 52.0 Å². The predicted molar refractivity (Wildman–Crippen MR) is 129 cm³/mol. The molecule has 4 heteroatoms. The highest BCUT2D eigenvalue weighted by molar-refractivity contribution is 5.77. The summed E-state index contributed by atoms with van der Waals surface area (Å²) in [5.41, 5.74) is 8.50. The molecule has 0 amide bonds. The molecule has 0 aliphatic carbocycles. The normalized spacial score (nSPS) is 10.4. The molecule has 4 rings (SSSR count). The van der Waals surface area contributed by atoms with E-state index in [1.165, 1.54) is 0 Å². The van der Waals surface area contributed by atoms with E-state index >= 15 is 0 Å². The Hall–Kier alpha value is -3.92. The number of rotatable bonds is 2. The van der Waals surface area contributed by atoms with Crippen LogP contribution in [0.15, 0.2) is 72.8 Å². The van der Waals surface area contributed by atoms with E-state index in [4.69, 9.17) is 10.2 Å². The molecular formula is C28H28O4. The van der Waals surface area contributed by atoms with Crippen LogP contribution in [0.1, 0.15) is 22.3 Å². The van der Waals surface area contributed by atoms with Gasteiger partial charge in [0.1, 0.15) is 23.0 Å². The zero-order valence-electron chi connectivity index (χ0n) is 18.7. The van der Waals surface area contributed by atoms with Crippen molar-refractivity contribution in [3.05, 3.63) is 95.1 Å². The third kappa shape index (κ3) is 5.22. The Morgan fingerprint density at radius 1 is 0.375 bits per heavy atom. The number of phenolic OH excluding ortho intramolecular Hbond substituents is 4. The minimum Gasteiger partial charge on any atom is -0.508 e. The van der Waals surface area contributed by atoms with Gasteiger partial charge in [0.15, 0.2) is 0 Å². The van der Waals surface area contributed by atoms with E-state index in [2.05, 4.69) is 0 Å². The van der Waals surface area contributed by atoms with Gasteiger partial charge in [-0.3, -0.25) is 0 Å². The summed E-state index contributed by atoms with van der Waals surface area (Å²) in [5.74, 6) is 1.10. The largest absolute Gasteiger partial charge is 0.508 e. The number of phenols is 4. The summed E-state index contributed by atoms with van der Waals surface area (Å²) in [7, 11) is 0. The first kappa shape index (κ1) is 22.8. The van der Waals surface area contributed by atoms with Crippen LogP contribution in [0.2, 0.25) is 0 Å². The average Bonchev–Trinajstić information content (AvgIpc) is 2.71. The predicted octanol–water partition coefficient (Wildman–Crippen LogP) is 6.76. The lowest BCUT2D eigenvalue weighted by Gasteiger charge is -2.16. The number of hydrogen-bond donors (Lipinski definition) is 4. The Morgan fingerprint density at radius 2 is 0.625 bits per heavy atom. The summed E-state index contributed by atoms with van der Waals surface area (Å²) in [6.07, 6.45) is 0. The van der Waals surface area contributed by atoms with Gasteiger partial charge in [0.2, 0.25) is 0 Å². The van der Waals surface area contributed by atoms with Crippen LogP contribution in [0.3, 0.4) is 0 Å². The molecule has 4 nitrogen and oxygen atoms in total. The zero-order valence-corrected chi connectivity index (χ0v) is 18.7. The van der Waals surface area contributed by atoms with Gasteiger partial charge in [-0.05, 0) is 121 Å². The number of hydrogen-bond acceptors (Lipinski definition) is 4. The Kier molecular flexibility index (Phi) is 6.74. The second kappa shape index (κ2) is 9.48. The maximum absolute atomic E-state index is 9.61. The maximum atomic E-state index is 9.61. The van der Waals surface area contributed by atoms with Crippen molar-refractivity contribution in [1.82, 2.24) is 0 Å². The van der Waals surface area contributed by atoms with Gasteiger partial charge in [-0.15, -0.1) is 0 Å². The molecule has 0 aliphatic rings. The third-order valence-electron chi connectivity index (χ3n) is 5.35.